The highest BCUT2D eigenvalue weighted by Crippen LogP contribution is 2.29. The Morgan fingerprint density at radius 3 is 2.61 bits per heavy atom. The SMILES string of the molecule is COCCN(Cc1cc2ccccc2[nH]1)CC1CCCN(C2Cc3ccccc3C2)C1. The van der Waals surface area contributed by atoms with Gasteiger partial charge in [-0.2, -0.15) is 0 Å². The first-order valence-electron chi connectivity index (χ1n) is 11.9. The van der Waals surface area contributed by atoms with E-state index in [0.717, 1.165) is 32.2 Å². The third-order valence-corrected chi connectivity index (χ3v) is 7.20. The van der Waals surface area contributed by atoms with E-state index in [0.29, 0.717) is 6.04 Å². The van der Waals surface area contributed by atoms with Crippen LogP contribution in [0, 0.1) is 5.92 Å². The zero-order chi connectivity index (χ0) is 21.0. The number of hydrogen-bond donors (Lipinski definition) is 1. The molecule has 0 saturated carbocycles. The summed E-state index contributed by atoms with van der Waals surface area (Å²) in [6.45, 7) is 6.37. The Bertz CT molecular complexity index is 939. The molecular weight excluding hydrogens is 382 g/mol. The van der Waals surface area contributed by atoms with Crippen LogP contribution in [-0.4, -0.2) is 60.7 Å². The topological polar surface area (TPSA) is 31.5 Å². The molecule has 4 heteroatoms. The van der Waals surface area contributed by atoms with Gasteiger partial charge in [0, 0.05) is 50.5 Å². The van der Waals surface area contributed by atoms with Gasteiger partial charge in [0.2, 0.25) is 0 Å². The maximum absolute atomic E-state index is 5.43. The van der Waals surface area contributed by atoms with E-state index in [-0.39, 0.29) is 0 Å². The highest BCUT2D eigenvalue weighted by atomic mass is 16.5. The van der Waals surface area contributed by atoms with Crippen LogP contribution in [0.2, 0.25) is 0 Å². The van der Waals surface area contributed by atoms with Crippen molar-refractivity contribution in [1.29, 1.82) is 0 Å². The molecule has 1 unspecified atom stereocenters. The predicted octanol–water partition coefficient (Wildman–Crippen LogP) is 4.50. The molecule has 1 aliphatic carbocycles. The summed E-state index contributed by atoms with van der Waals surface area (Å²) in [4.78, 5) is 8.98. The zero-order valence-corrected chi connectivity index (χ0v) is 18.7. The van der Waals surface area contributed by atoms with Crippen LogP contribution < -0.4 is 0 Å². The fourth-order valence-electron chi connectivity index (χ4n) is 5.65. The van der Waals surface area contributed by atoms with Crippen LogP contribution in [0.1, 0.15) is 29.7 Å². The van der Waals surface area contributed by atoms with E-state index in [1.807, 2.05) is 0 Å². The Labute approximate surface area is 186 Å². The highest BCUT2D eigenvalue weighted by molar-refractivity contribution is 5.80. The van der Waals surface area contributed by atoms with Crippen molar-refractivity contribution in [3.63, 3.8) is 0 Å². The molecule has 0 amide bonds. The summed E-state index contributed by atoms with van der Waals surface area (Å²) in [7, 11) is 1.81. The minimum absolute atomic E-state index is 0.696. The minimum Gasteiger partial charge on any atom is -0.383 e. The third kappa shape index (κ3) is 4.87. The van der Waals surface area contributed by atoms with Crippen molar-refractivity contribution in [1.82, 2.24) is 14.8 Å². The molecule has 31 heavy (non-hydrogen) atoms. The molecule has 0 radical (unpaired) electrons. The van der Waals surface area contributed by atoms with E-state index in [2.05, 4.69) is 69.4 Å². The van der Waals surface area contributed by atoms with E-state index < -0.39 is 0 Å². The number of rotatable bonds is 8. The lowest BCUT2D eigenvalue weighted by Gasteiger charge is -2.38. The summed E-state index contributed by atoms with van der Waals surface area (Å²) in [6, 6.07) is 20.6. The van der Waals surface area contributed by atoms with Gasteiger partial charge >= 0.3 is 0 Å². The maximum atomic E-state index is 5.43. The second-order valence-electron chi connectivity index (χ2n) is 9.44. The molecule has 5 rings (SSSR count). The van der Waals surface area contributed by atoms with E-state index in [1.165, 1.54) is 55.4 Å². The Morgan fingerprint density at radius 2 is 1.84 bits per heavy atom. The molecule has 3 aromatic rings. The first kappa shape index (κ1) is 20.7. The van der Waals surface area contributed by atoms with Crippen molar-refractivity contribution < 1.29 is 4.74 Å². The summed E-state index contributed by atoms with van der Waals surface area (Å²) in [5.74, 6) is 0.735. The molecule has 1 aromatic heterocycles. The molecule has 1 saturated heterocycles. The van der Waals surface area contributed by atoms with Crippen LogP contribution >= 0.6 is 0 Å². The van der Waals surface area contributed by atoms with Gasteiger partial charge in [0.25, 0.3) is 0 Å². The number of aromatic amines is 1. The summed E-state index contributed by atoms with van der Waals surface area (Å²) < 4.78 is 5.43. The first-order valence-corrected chi connectivity index (χ1v) is 11.9. The monoisotopic (exact) mass is 417 g/mol. The zero-order valence-electron chi connectivity index (χ0n) is 18.7. The molecular formula is C27H35N3O. The van der Waals surface area contributed by atoms with Crippen molar-refractivity contribution >= 4 is 10.9 Å². The normalized spacial score (nSPS) is 20.0. The maximum Gasteiger partial charge on any atom is 0.0589 e. The number of nitrogens with one attached hydrogen (secondary N) is 1. The number of aromatic nitrogens is 1. The van der Waals surface area contributed by atoms with Crippen molar-refractivity contribution in [2.75, 3.05) is 39.9 Å². The number of fused-ring (bicyclic) bond motifs is 2. The smallest absolute Gasteiger partial charge is 0.0589 e. The second-order valence-corrected chi connectivity index (χ2v) is 9.44. The molecule has 1 fully saturated rings. The van der Waals surface area contributed by atoms with Crippen LogP contribution in [0.25, 0.3) is 10.9 Å². The van der Waals surface area contributed by atoms with Crippen LogP contribution in [0.5, 0.6) is 0 Å². The van der Waals surface area contributed by atoms with Gasteiger partial charge in [-0.3, -0.25) is 9.80 Å². The molecule has 0 bridgehead atoms. The van der Waals surface area contributed by atoms with Gasteiger partial charge in [0.1, 0.15) is 0 Å². The van der Waals surface area contributed by atoms with E-state index >= 15 is 0 Å². The van der Waals surface area contributed by atoms with E-state index in [1.54, 1.807) is 18.2 Å². The molecule has 0 spiro atoms. The van der Waals surface area contributed by atoms with Gasteiger partial charge < -0.3 is 9.72 Å². The number of ether oxygens (including phenoxy) is 1. The van der Waals surface area contributed by atoms with Gasteiger partial charge in [0.15, 0.2) is 0 Å². The molecule has 2 aliphatic rings. The quantitative estimate of drug-likeness (QED) is 0.586. The largest absolute Gasteiger partial charge is 0.383 e. The summed E-state index contributed by atoms with van der Waals surface area (Å²) in [5.41, 5.74) is 5.66. The molecule has 1 N–H and O–H groups in total. The highest BCUT2D eigenvalue weighted by Gasteiger charge is 2.31. The average molecular weight is 418 g/mol. The van der Waals surface area contributed by atoms with Crippen LogP contribution in [0.15, 0.2) is 54.6 Å². The average Bonchev–Trinajstić information content (AvgIpc) is 3.41. The number of nitrogens with zero attached hydrogens (tertiary/aromatic N) is 2. The second kappa shape index (κ2) is 9.56. The molecule has 2 heterocycles. The number of methoxy groups -OCH3 is 1. The molecule has 4 nitrogen and oxygen atoms in total. The molecule has 2 aromatic carbocycles. The summed E-state index contributed by atoms with van der Waals surface area (Å²) >= 11 is 0. The van der Waals surface area contributed by atoms with E-state index in [4.69, 9.17) is 4.74 Å². The Balaban J connectivity index is 1.22. The van der Waals surface area contributed by atoms with Gasteiger partial charge in [-0.1, -0.05) is 42.5 Å². The van der Waals surface area contributed by atoms with Crippen LogP contribution in [0.4, 0.5) is 0 Å². The van der Waals surface area contributed by atoms with Crippen molar-refractivity contribution in [3.05, 3.63) is 71.4 Å². The number of benzene rings is 2. The van der Waals surface area contributed by atoms with Crippen molar-refractivity contribution in [3.8, 4) is 0 Å². The molecule has 164 valence electrons. The first-order chi connectivity index (χ1) is 15.3. The minimum atomic E-state index is 0.696. The predicted molar refractivity (Wildman–Crippen MR) is 127 cm³/mol. The van der Waals surface area contributed by atoms with Gasteiger partial charge in [-0.15, -0.1) is 0 Å². The van der Waals surface area contributed by atoms with E-state index in [9.17, 15) is 0 Å². The number of H-pyrrole nitrogens is 1. The molecule has 1 atom stereocenters. The fraction of sp³-hybridized carbons (Fsp3) is 0.481. The Morgan fingerprint density at radius 1 is 1.06 bits per heavy atom. The standard InChI is InChI=1S/C27H35N3O/c1-31-14-13-29(20-25-15-24-10-4-5-11-27(24)28-25)18-21-7-6-12-30(19-21)26-16-22-8-2-3-9-23(22)17-26/h2-5,8-11,15,21,26,28H,6-7,12-14,16-20H2,1H3. The van der Waals surface area contributed by atoms with Gasteiger partial charge in [-0.25, -0.2) is 0 Å². The number of likely N-dealkylation sites (tertiary alicyclic amines) is 1. The van der Waals surface area contributed by atoms with Gasteiger partial charge in [0.05, 0.1) is 6.61 Å². The lowest BCUT2D eigenvalue weighted by molar-refractivity contribution is 0.0840. The fourth-order valence-corrected chi connectivity index (χ4v) is 5.65. The lowest BCUT2D eigenvalue weighted by atomic mass is 9.95. The number of hydrogen-bond acceptors (Lipinski definition) is 3. The third-order valence-electron chi connectivity index (χ3n) is 7.20. The van der Waals surface area contributed by atoms with Crippen molar-refractivity contribution in [2.24, 2.45) is 5.92 Å². The summed E-state index contributed by atoms with van der Waals surface area (Å²) in [5, 5.41) is 1.30. The van der Waals surface area contributed by atoms with Crippen molar-refractivity contribution in [2.45, 2.75) is 38.3 Å². The Hall–Kier alpha value is -2.14. The van der Waals surface area contributed by atoms with Crippen LogP contribution in [-0.2, 0) is 24.1 Å². The lowest BCUT2D eigenvalue weighted by Crippen LogP contribution is -2.46. The van der Waals surface area contributed by atoms with Crippen LogP contribution in [0.3, 0.4) is 0 Å². The van der Waals surface area contributed by atoms with Gasteiger partial charge in [-0.05, 0) is 66.8 Å². The summed E-state index contributed by atoms with van der Waals surface area (Å²) in [6.07, 6.45) is 5.12. The number of para-hydroxylation sites is 1. The number of piperidine rings is 1. The molecule has 1 aliphatic heterocycles. The Kier molecular flexibility index (Phi) is 6.40.